The van der Waals surface area contributed by atoms with E-state index in [1.807, 2.05) is 12.1 Å². The second-order valence-electron chi connectivity index (χ2n) is 8.13. The number of nitriles is 1. The minimum Gasteiger partial charge on any atom is -0.462 e. The summed E-state index contributed by atoms with van der Waals surface area (Å²) < 4.78 is 43.8. The molecule has 29 heavy (non-hydrogen) atoms. The molecule has 3 nitrogen and oxygen atoms in total. The van der Waals surface area contributed by atoms with Crippen LogP contribution in [0.25, 0.3) is 0 Å². The fourth-order valence-corrected chi connectivity index (χ4v) is 4.45. The van der Waals surface area contributed by atoms with Crippen molar-refractivity contribution in [3.63, 3.8) is 0 Å². The zero-order valence-electron chi connectivity index (χ0n) is 16.3. The number of alkyl halides is 3. The Kier molecular flexibility index (Phi) is 7.00. The van der Waals surface area contributed by atoms with E-state index in [-0.39, 0.29) is 23.9 Å². The van der Waals surface area contributed by atoms with Crippen molar-refractivity contribution >= 4 is 5.97 Å². The van der Waals surface area contributed by atoms with Gasteiger partial charge in [-0.1, -0.05) is 18.2 Å². The maximum absolute atomic E-state index is 12.7. The van der Waals surface area contributed by atoms with Gasteiger partial charge in [0.25, 0.3) is 0 Å². The lowest BCUT2D eigenvalue weighted by Crippen LogP contribution is -2.29. The third-order valence-electron chi connectivity index (χ3n) is 6.21. The zero-order valence-corrected chi connectivity index (χ0v) is 16.3. The number of benzene rings is 1. The number of ether oxygens (including phenoxy) is 1. The molecule has 0 aliphatic heterocycles. The summed E-state index contributed by atoms with van der Waals surface area (Å²) in [7, 11) is 0. The van der Waals surface area contributed by atoms with Crippen LogP contribution in [0.15, 0.2) is 36.4 Å². The van der Waals surface area contributed by atoms with E-state index in [0.717, 1.165) is 69.1 Å². The average molecular weight is 405 g/mol. The molecule has 0 radical (unpaired) electrons. The lowest BCUT2D eigenvalue weighted by atomic mass is 9.81. The maximum Gasteiger partial charge on any atom is 0.416 e. The summed E-state index contributed by atoms with van der Waals surface area (Å²) in [6.45, 7) is 0. The summed E-state index contributed by atoms with van der Waals surface area (Å²) in [6, 6.07) is 7.43. The largest absolute Gasteiger partial charge is 0.462 e. The predicted molar refractivity (Wildman–Crippen MR) is 103 cm³/mol. The van der Waals surface area contributed by atoms with E-state index < -0.39 is 11.7 Å². The van der Waals surface area contributed by atoms with Crippen LogP contribution in [0.5, 0.6) is 0 Å². The Hall–Kier alpha value is -2.29. The summed E-state index contributed by atoms with van der Waals surface area (Å²) in [6.07, 6.45) is 5.54. The van der Waals surface area contributed by atoms with Crippen LogP contribution in [0.1, 0.15) is 68.4 Å². The first-order valence-electron chi connectivity index (χ1n) is 10.3. The number of carbonyl (C=O) groups excluding carboxylic acids is 1. The van der Waals surface area contributed by atoms with Gasteiger partial charge in [0.1, 0.15) is 6.10 Å². The van der Waals surface area contributed by atoms with Crippen LogP contribution in [-0.4, -0.2) is 12.1 Å². The van der Waals surface area contributed by atoms with Gasteiger partial charge < -0.3 is 4.74 Å². The summed E-state index contributed by atoms with van der Waals surface area (Å²) in [4.78, 5) is 12.5. The van der Waals surface area contributed by atoms with Crippen molar-refractivity contribution < 1.29 is 22.7 Å². The fraction of sp³-hybridized carbons (Fsp3) is 0.565. The molecule has 0 heterocycles. The lowest BCUT2D eigenvalue weighted by Gasteiger charge is -2.31. The molecule has 0 bridgehead atoms. The molecule has 2 aliphatic carbocycles. The number of allylic oxidation sites excluding steroid dienone is 2. The Balaban J connectivity index is 1.43. The Morgan fingerprint density at radius 3 is 2.17 bits per heavy atom. The van der Waals surface area contributed by atoms with Gasteiger partial charge in [-0.15, -0.1) is 0 Å². The van der Waals surface area contributed by atoms with Crippen LogP contribution in [0, 0.1) is 23.2 Å². The molecule has 0 amide bonds. The molecule has 1 aromatic carbocycles. The van der Waals surface area contributed by atoms with E-state index in [0.29, 0.717) is 5.92 Å². The number of esters is 1. The molecule has 1 aromatic rings. The highest BCUT2D eigenvalue weighted by atomic mass is 19.4. The standard InChI is InChI=1S/C23H26F3NO2/c24-23(25,26)20-11-7-17(8-12-20)18-9-13-21(14-10-18)29-22(28)19-5-3-16(4-6-19)2-1-15-27/h1-2,7-8,11-12,16,18-19,21H,3-6,9-10,13-14H2/t16-,18-,19-,21-. The molecule has 2 aliphatic rings. The summed E-state index contributed by atoms with van der Waals surface area (Å²) in [5, 5.41) is 8.60. The SMILES string of the molecule is N#CC=C[C@H]1CC[C@H](C(=O)O[C@H]2CC[C@H](c3ccc(C(F)(F)F)cc3)CC2)CC1. The molecule has 0 unspecified atom stereocenters. The first-order chi connectivity index (χ1) is 13.9. The van der Waals surface area contributed by atoms with Gasteiger partial charge in [0.2, 0.25) is 0 Å². The highest BCUT2D eigenvalue weighted by molar-refractivity contribution is 5.72. The summed E-state index contributed by atoms with van der Waals surface area (Å²) >= 11 is 0. The van der Waals surface area contributed by atoms with Gasteiger partial charge in [-0.25, -0.2) is 0 Å². The van der Waals surface area contributed by atoms with Crippen LogP contribution in [0.3, 0.4) is 0 Å². The normalized spacial score (nSPS) is 28.1. The van der Waals surface area contributed by atoms with Crippen molar-refractivity contribution in [3.05, 3.63) is 47.5 Å². The van der Waals surface area contributed by atoms with Gasteiger partial charge in [0.15, 0.2) is 0 Å². The monoisotopic (exact) mass is 405 g/mol. The fourth-order valence-electron chi connectivity index (χ4n) is 4.45. The van der Waals surface area contributed by atoms with Crippen LogP contribution < -0.4 is 0 Å². The molecular formula is C23H26F3NO2. The van der Waals surface area contributed by atoms with E-state index in [9.17, 15) is 18.0 Å². The highest BCUT2D eigenvalue weighted by Gasteiger charge is 2.32. The quantitative estimate of drug-likeness (QED) is 0.445. The third kappa shape index (κ3) is 5.85. The molecule has 6 heteroatoms. The molecule has 0 spiro atoms. The van der Waals surface area contributed by atoms with Crippen molar-refractivity contribution in [3.8, 4) is 6.07 Å². The highest BCUT2D eigenvalue weighted by Crippen LogP contribution is 2.37. The average Bonchev–Trinajstić information content (AvgIpc) is 2.72. The number of carbonyl (C=O) groups is 1. The molecule has 0 saturated heterocycles. The van der Waals surface area contributed by atoms with Crippen molar-refractivity contribution in [1.29, 1.82) is 5.26 Å². The molecule has 0 atom stereocenters. The van der Waals surface area contributed by atoms with E-state index in [2.05, 4.69) is 0 Å². The van der Waals surface area contributed by atoms with Gasteiger partial charge in [-0.05, 0) is 80.9 Å². The Labute approximate surface area is 169 Å². The summed E-state index contributed by atoms with van der Waals surface area (Å²) in [5.74, 6) is 0.410. The van der Waals surface area contributed by atoms with Crippen molar-refractivity contribution in [2.24, 2.45) is 11.8 Å². The minimum atomic E-state index is -4.31. The second-order valence-corrected chi connectivity index (χ2v) is 8.13. The molecular weight excluding hydrogens is 379 g/mol. The number of nitrogens with zero attached hydrogens (tertiary/aromatic N) is 1. The zero-order chi connectivity index (χ0) is 20.9. The molecule has 0 N–H and O–H groups in total. The number of hydrogen-bond donors (Lipinski definition) is 0. The number of hydrogen-bond acceptors (Lipinski definition) is 3. The molecule has 0 aromatic heterocycles. The van der Waals surface area contributed by atoms with Gasteiger partial charge >= 0.3 is 12.1 Å². The number of rotatable bonds is 4. The van der Waals surface area contributed by atoms with E-state index in [4.69, 9.17) is 10.00 Å². The smallest absolute Gasteiger partial charge is 0.416 e. The first kappa shape index (κ1) is 21.4. The van der Waals surface area contributed by atoms with Crippen LogP contribution >= 0.6 is 0 Å². The van der Waals surface area contributed by atoms with Crippen molar-refractivity contribution in [2.45, 2.75) is 69.6 Å². The maximum atomic E-state index is 12.7. The lowest BCUT2D eigenvalue weighted by molar-refractivity contribution is -0.157. The Bertz CT molecular complexity index is 748. The molecule has 2 saturated carbocycles. The topological polar surface area (TPSA) is 50.1 Å². The van der Waals surface area contributed by atoms with Crippen LogP contribution in [0.2, 0.25) is 0 Å². The molecule has 2 fully saturated rings. The minimum absolute atomic E-state index is 0.0608. The molecule has 3 rings (SSSR count). The van der Waals surface area contributed by atoms with Gasteiger partial charge in [-0.2, -0.15) is 18.4 Å². The Morgan fingerprint density at radius 1 is 1.00 bits per heavy atom. The van der Waals surface area contributed by atoms with Crippen molar-refractivity contribution in [2.75, 3.05) is 0 Å². The first-order valence-corrected chi connectivity index (χ1v) is 10.3. The van der Waals surface area contributed by atoms with Gasteiger partial charge in [0.05, 0.1) is 17.6 Å². The van der Waals surface area contributed by atoms with Gasteiger partial charge in [0, 0.05) is 6.08 Å². The molecule has 156 valence electrons. The van der Waals surface area contributed by atoms with E-state index >= 15 is 0 Å². The van der Waals surface area contributed by atoms with Crippen LogP contribution in [0.4, 0.5) is 13.2 Å². The predicted octanol–water partition coefficient (Wildman–Crippen LogP) is 6.16. The second kappa shape index (κ2) is 9.47. The van der Waals surface area contributed by atoms with Crippen LogP contribution in [-0.2, 0) is 15.7 Å². The van der Waals surface area contributed by atoms with Crippen molar-refractivity contribution in [1.82, 2.24) is 0 Å². The van der Waals surface area contributed by atoms with Gasteiger partial charge in [-0.3, -0.25) is 4.79 Å². The van der Waals surface area contributed by atoms with E-state index in [1.54, 1.807) is 12.1 Å². The Morgan fingerprint density at radius 2 is 1.62 bits per heavy atom. The third-order valence-corrected chi connectivity index (χ3v) is 6.21. The summed E-state index contributed by atoms with van der Waals surface area (Å²) in [5.41, 5.74) is 0.299. The van der Waals surface area contributed by atoms with E-state index in [1.165, 1.54) is 6.08 Å². The number of halogens is 3.